The summed E-state index contributed by atoms with van der Waals surface area (Å²) in [6.07, 6.45) is 1.30. The highest BCUT2D eigenvalue weighted by Gasteiger charge is 2.33. The maximum atomic E-state index is 13.1. The summed E-state index contributed by atoms with van der Waals surface area (Å²) in [5, 5.41) is 5.52. The molecule has 0 bridgehead atoms. The van der Waals surface area contributed by atoms with E-state index in [0.29, 0.717) is 35.6 Å². The van der Waals surface area contributed by atoms with E-state index in [-0.39, 0.29) is 17.4 Å². The van der Waals surface area contributed by atoms with Crippen LogP contribution >= 0.6 is 0 Å². The fourth-order valence-electron chi connectivity index (χ4n) is 4.24. The Balaban J connectivity index is 1.45. The zero-order valence-electron chi connectivity index (χ0n) is 22.2. The first-order chi connectivity index (χ1) is 19.6. The van der Waals surface area contributed by atoms with Crippen LogP contribution < -0.4 is 15.4 Å². The molecule has 41 heavy (non-hydrogen) atoms. The lowest BCUT2D eigenvalue weighted by atomic mass is 9.98. The van der Waals surface area contributed by atoms with Gasteiger partial charge in [0.25, 0.3) is 5.91 Å². The van der Waals surface area contributed by atoms with Gasteiger partial charge in [-0.1, -0.05) is 6.07 Å². The largest absolute Gasteiger partial charge is 0.478 e. The van der Waals surface area contributed by atoms with Crippen LogP contribution in [-0.2, 0) is 11.0 Å². The molecule has 0 saturated heterocycles. The number of aryl methyl sites for hydroxylation is 1. The van der Waals surface area contributed by atoms with E-state index in [1.807, 2.05) is 19.9 Å². The number of pyridine rings is 3. The Morgan fingerprint density at radius 1 is 0.927 bits per heavy atom. The molecule has 8 nitrogen and oxygen atoms in total. The molecule has 1 fully saturated rings. The number of ether oxygens (including phenoxy) is 1. The van der Waals surface area contributed by atoms with Crippen LogP contribution in [0.4, 0.5) is 24.7 Å². The molecule has 1 aliphatic rings. The summed E-state index contributed by atoms with van der Waals surface area (Å²) in [6.45, 7) is 4.14. The maximum Gasteiger partial charge on any atom is 0.433 e. The lowest BCUT2D eigenvalue weighted by molar-refractivity contribution is -0.141. The van der Waals surface area contributed by atoms with Gasteiger partial charge in [-0.05, 0) is 85.8 Å². The van der Waals surface area contributed by atoms with E-state index >= 15 is 0 Å². The van der Waals surface area contributed by atoms with E-state index in [4.69, 9.17) is 4.74 Å². The molecule has 1 aromatic carbocycles. The van der Waals surface area contributed by atoms with Gasteiger partial charge in [0, 0.05) is 46.9 Å². The molecule has 1 saturated carbocycles. The summed E-state index contributed by atoms with van der Waals surface area (Å²) in [5.74, 6) is 0.115. The van der Waals surface area contributed by atoms with Crippen LogP contribution in [-0.4, -0.2) is 33.4 Å². The minimum absolute atomic E-state index is 0.0328. The monoisotopic (exact) mass is 561 g/mol. The fraction of sp³-hybridized carbons (Fsp3) is 0.233. The van der Waals surface area contributed by atoms with E-state index in [1.165, 1.54) is 6.07 Å². The van der Waals surface area contributed by atoms with Crippen LogP contribution in [0.25, 0.3) is 22.3 Å². The molecule has 2 N–H and O–H groups in total. The molecular weight excluding hydrogens is 535 g/mol. The molecule has 5 rings (SSSR count). The Morgan fingerprint density at radius 2 is 1.71 bits per heavy atom. The quantitative estimate of drug-likeness (QED) is 0.253. The molecule has 11 heteroatoms. The zero-order chi connectivity index (χ0) is 29.1. The van der Waals surface area contributed by atoms with Gasteiger partial charge < -0.3 is 15.4 Å². The zero-order valence-corrected chi connectivity index (χ0v) is 22.2. The van der Waals surface area contributed by atoms with E-state index in [2.05, 4.69) is 25.6 Å². The third-order valence-corrected chi connectivity index (χ3v) is 6.52. The SMILES string of the molecule is CCOc1ncc(-c2cc(NC(=O)c3ccnc(C(F)(F)F)c3)ccc2C)cc1-c1ccnc(NC(=O)C2CC2)c1. The molecule has 2 amide bonds. The lowest BCUT2D eigenvalue weighted by Gasteiger charge is -2.15. The number of rotatable bonds is 8. The second-order valence-corrected chi connectivity index (χ2v) is 9.61. The van der Waals surface area contributed by atoms with Crippen molar-refractivity contribution in [2.45, 2.75) is 32.9 Å². The normalized spacial score (nSPS) is 13.0. The molecule has 0 spiro atoms. The average molecular weight is 562 g/mol. The molecule has 3 heterocycles. The van der Waals surface area contributed by atoms with Crippen molar-refractivity contribution in [3.63, 3.8) is 0 Å². The Labute approximate surface area is 234 Å². The van der Waals surface area contributed by atoms with E-state index in [0.717, 1.165) is 41.3 Å². The van der Waals surface area contributed by atoms with Gasteiger partial charge in [0.05, 0.1) is 6.61 Å². The summed E-state index contributed by atoms with van der Waals surface area (Å²) < 4.78 is 44.9. The number of alkyl halides is 3. The standard InChI is InChI=1S/C30H26F3N5O3/c1-3-41-29-24(19-8-11-35-26(14-19)38-27(39)18-5-6-18)12-21(16-36-29)23-15-22(7-4-17(23)2)37-28(40)20-9-10-34-25(13-20)30(31,32)33/h4,7-16,18H,3,5-6H2,1-2H3,(H,37,40)(H,35,38,39). The maximum absolute atomic E-state index is 13.1. The molecule has 210 valence electrons. The van der Waals surface area contributed by atoms with Crippen LogP contribution in [0.2, 0.25) is 0 Å². The lowest BCUT2D eigenvalue weighted by Crippen LogP contribution is -2.15. The Morgan fingerprint density at radius 3 is 2.44 bits per heavy atom. The fourth-order valence-corrected chi connectivity index (χ4v) is 4.24. The number of hydrogen-bond acceptors (Lipinski definition) is 6. The summed E-state index contributed by atoms with van der Waals surface area (Å²) in [7, 11) is 0. The van der Waals surface area contributed by atoms with Gasteiger partial charge in [-0.25, -0.2) is 9.97 Å². The summed E-state index contributed by atoms with van der Waals surface area (Å²) >= 11 is 0. The third kappa shape index (κ3) is 6.51. The number of carbonyl (C=O) groups excluding carboxylic acids is 2. The molecule has 0 aliphatic heterocycles. The molecule has 3 aromatic heterocycles. The summed E-state index contributed by atoms with van der Waals surface area (Å²) in [4.78, 5) is 37.1. The van der Waals surface area contributed by atoms with Crippen molar-refractivity contribution < 1.29 is 27.5 Å². The predicted octanol–water partition coefficient (Wildman–Crippen LogP) is 6.53. The number of nitrogens with zero attached hydrogens (tertiary/aromatic N) is 3. The van der Waals surface area contributed by atoms with Crippen molar-refractivity contribution in [3.05, 3.63) is 83.9 Å². The number of amides is 2. The summed E-state index contributed by atoms with van der Waals surface area (Å²) in [5.41, 5.74) is 2.86. The van der Waals surface area contributed by atoms with E-state index in [1.54, 1.807) is 42.7 Å². The van der Waals surface area contributed by atoms with Gasteiger partial charge in [-0.3, -0.25) is 14.6 Å². The van der Waals surface area contributed by atoms with Crippen molar-refractivity contribution in [1.29, 1.82) is 0 Å². The Hall–Kier alpha value is -4.80. The number of nitrogens with one attached hydrogen (secondary N) is 2. The minimum atomic E-state index is -4.66. The van der Waals surface area contributed by atoms with Crippen LogP contribution in [0, 0.1) is 12.8 Å². The van der Waals surface area contributed by atoms with Gasteiger partial charge >= 0.3 is 6.18 Å². The molecule has 0 radical (unpaired) electrons. The van der Waals surface area contributed by atoms with Gasteiger partial charge in [-0.15, -0.1) is 0 Å². The summed E-state index contributed by atoms with van der Waals surface area (Å²) in [6, 6.07) is 12.6. The van der Waals surface area contributed by atoms with Crippen LogP contribution in [0.15, 0.2) is 67.1 Å². The van der Waals surface area contributed by atoms with Crippen LogP contribution in [0.1, 0.15) is 41.4 Å². The first kappa shape index (κ1) is 27.8. The molecule has 0 atom stereocenters. The minimum Gasteiger partial charge on any atom is -0.478 e. The molecule has 0 unspecified atom stereocenters. The number of aromatic nitrogens is 3. The highest BCUT2D eigenvalue weighted by molar-refractivity contribution is 6.04. The van der Waals surface area contributed by atoms with Crippen LogP contribution in [0.5, 0.6) is 5.88 Å². The third-order valence-electron chi connectivity index (χ3n) is 6.52. The van der Waals surface area contributed by atoms with Crippen molar-refractivity contribution in [1.82, 2.24) is 15.0 Å². The van der Waals surface area contributed by atoms with Gasteiger partial charge in [0.1, 0.15) is 11.5 Å². The van der Waals surface area contributed by atoms with E-state index in [9.17, 15) is 22.8 Å². The van der Waals surface area contributed by atoms with E-state index < -0.39 is 17.8 Å². The Kier molecular flexibility index (Phi) is 7.69. The number of anilines is 2. The molecule has 1 aliphatic carbocycles. The second-order valence-electron chi connectivity index (χ2n) is 9.61. The smallest absolute Gasteiger partial charge is 0.433 e. The van der Waals surface area contributed by atoms with Crippen LogP contribution in [0.3, 0.4) is 0 Å². The van der Waals surface area contributed by atoms with Crippen molar-refractivity contribution >= 4 is 23.3 Å². The second kappa shape index (κ2) is 11.4. The number of benzene rings is 1. The Bertz CT molecular complexity index is 1620. The first-order valence-electron chi connectivity index (χ1n) is 13.0. The highest BCUT2D eigenvalue weighted by atomic mass is 19.4. The predicted molar refractivity (Wildman–Crippen MR) is 147 cm³/mol. The van der Waals surface area contributed by atoms with Crippen molar-refractivity contribution in [3.8, 4) is 28.1 Å². The highest BCUT2D eigenvalue weighted by Crippen LogP contribution is 2.36. The van der Waals surface area contributed by atoms with Gasteiger partial charge in [0.15, 0.2) is 0 Å². The van der Waals surface area contributed by atoms with Gasteiger partial charge in [0.2, 0.25) is 11.8 Å². The van der Waals surface area contributed by atoms with Crippen molar-refractivity contribution in [2.24, 2.45) is 5.92 Å². The number of halogens is 3. The first-order valence-corrected chi connectivity index (χ1v) is 13.0. The topological polar surface area (TPSA) is 106 Å². The van der Waals surface area contributed by atoms with Crippen molar-refractivity contribution in [2.75, 3.05) is 17.2 Å². The number of hydrogen-bond donors (Lipinski definition) is 2. The molecular formula is C30H26F3N5O3. The number of carbonyl (C=O) groups is 2. The van der Waals surface area contributed by atoms with Gasteiger partial charge in [-0.2, -0.15) is 13.2 Å². The average Bonchev–Trinajstić information content (AvgIpc) is 3.80. The molecule has 4 aromatic rings.